The number of hydrogen-bond acceptors (Lipinski definition) is 4. The maximum absolute atomic E-state index is 13.0. The van der Waals surface area contributed by atoms with Gasteiger partial charge in [-0.1, -0.05) is 6.92 Å². The Morgan fingerprint density at radius 2 is 2.20 bits per heavy atom. The van der Waals surface area contributed by atoms with Crippen molar-refractivity contribution >= 4 is 11.7 Å². The maximum atomic E-state index is 13.0. The fourth-order valence-corrected chi connectivity index (χ4v) is 2.62. The minimum absolute atomic E-state index is 0.0837. The second kappa shape index (κ2) is 6.22. The molecule has 0 radical (unpaired) electrons. The van der Waals surface area contributed by atoms with Gasteiger partial charge in [0.15, 0.2) is 0 Å². The number of ether oxygens (including phenoxy) is 1. The third kappa shape index (κ3) is 2.93. The normalized spacial score (nSPS) is 26.1. The average molecular weight is 280 g/mol. The van der Waals surface area contributed by atoms with E-state index in [0.717, 1.165) is 18.8 Å². The van der Waals surface area contributed by atoms with Crippen LogP contribution in [0.15, 0.2) is 24.3 Å². The van der Waals surface area contributed by atoms with Crippen LogP contribution in [0.1, 0.15) is 20.3 Å². The summed E-state index contributed by atoms with van der Waals surface area (Å²) in [5.74, 6) is -0.447. The summed E-state index contributed by atoms with van der Waals surface area (Å²) < 4.78 is 18.2. The molecule has 0 saturated carbocycles. The highest BCUT2D eigenvalue weighted by atomic mass is 19.1. The highest BCUT2D eigenvalue weighted by Crippen LogP contribution is 2.30. The molecule has 110 valence electrons. The Morgan fingerprint density at radius 1 is 1.50 bits per heavy atom. The van der Waals surface area contributed by atoms with Gasteiger partial charge < -0.3 is 15.4 Å². The van der Waals surface area contributed by atoms with Gasteiger partial charge in [0.1, 0.15) is 11.4 Å². The quantitative estimate of drug-likeness (QED) is 0.830. The van der Waals surface area contributed by atoms with Crippen molar-refractivity contribution in [1.29, 1.82) is 0 Å². The van der Waals surface area contributed by atoms with Crippen LogP contribution in [0.3, 0.4) is 0 Å². The summed E-state index contributed by atoms with van der Waals surface area (Å²) in [6.45, 7) is 5.66. The smallest absolute Gasteiger partial charge is 0.332 e. The molecule has 2 unspecified atom stereocenters. The fourth-order valence-electron chi connectivity index (χ4n) is 2.62. The van der Waals surface area contributed by atoms with Crippen LogP contribution in [-0.4, -0.2) is 31.2 Å². The largest absolute Gasteiger partial charge is 0.464 e. The lowest BCUT2D eigenvalue weighted by Gasteiger charge is -2.41. The third-order valence-electron chi connectivity index (χ3n) is 3.84. The first kappa shape index (κ1) is 14.8. The van der Waals surface area contributed by atoms with Gasteiger partial charge in [-0.15, -0.1) is 0 Å². The Morgan fingerprint density at radius 3 is 2.80 bits per heavy atom. The van der Waals surface area contributed by atoms with Crippen molar-refractivity contribution in [2.75, 3.05) is 25.0 Å². The van der Waals surface area contributed by atoms with Gasteiger partial charge in [0.2, 0.25) is 0 Å². The molecule has 5 heteroatoms. The van der Waals surface area contributed by atoms with E-state index in [9.17, 15) is 9.18 Å². The van der Waals surface area contributed by atoms with Crippen molar-refractivity contribution in [3.8, 4) is 0 Å². The molecule has 1 aliphatic heterocycles. The molecule has 1 aliphatic rings. The summed E-state index contributed by atoms with van der Waals surface area (Å²) in [5.41, 5.74) is -0.0211. The Kier molecular flexibility index (Phi) is 4.60. The van der Waals surface area contributed by atoms with Crippen molar-refractivity contribution in [3.05, 3.63) is 30.1 Å². The predicted molar refractivity (Wildman–Crippen MR) is 76.0 cm³/mol. The number of hydrogen-bond donors (Lipinski definition) is 2. The lowest BCUT2D eigenvalue weighted by molar-refractivity contribution is -0.151. The van der Waals surface area contributed by atoms with Gasteiger partial charge >= 0.3 is 5.97 Å². The molecule has 2 atom stereocenters. The monoisotopic (exact) mass is 280 g/mol. The van der Waals surface area contributed by atoms with E-state index in [1.165, 1.54) is 12.1 Å². The van der Waals surface area contributed by atoms with Gasteiger partial charge in [-0.25, -0.2) is 9.18 Å². The van der Waals surface area contributed by atoms with Crippen LogP contribution in [-0.2, 0) is 9.53 Å². The molecule has 1 fully saturated rings. The number of carbonyl (C=O) groups is 1. The molecule has 1 heterocycles. The number of carbonyl (C=O) groups excluding carboxylic acids is 1. The summed E-state index contributed by atoms with van der Waals surface area (Å²) in [7, 11) is 0. The molecule has 1 aromatic carbocycles. The van der Waals surface area contributed by atoms with E-state index >= 15 is 0 Å². The van der Waals surface area contributed by atoms with Crippen molar-refractivity contribution in [3.63, 3.8) is 0 Å². The molecular formula is C15H21FN2O2. The minimum Gasteiger partial charge on any atom is -0.464 e. The van der Waals surface area contributed by atoms with Crippen LogP contribution >= 0.6 is 0 Å². The molecule has 0 aliphatic carbocycles. The van der Waals surface area contributed by atoms with E-state index in [4.69, 9.17) is 4.74 Å². The van der Waals surface area contributed by atoms with Crippen molar-refractivity contribution in [2.45, 2.75) is 25.8 Å². The highest BCUT2D eigenvalue weighted by Gasteiger charge is 2.46. The summed E-state index contributed by atoms with van der Waals surface area (Å²) in [4.78, 5) is 12.4. The Balaban J connectivity index is 2.26. The van der Waals surface area contributed by atoms with Gasteiger partial charge in [0, 0.05) is 18.2 Å². The van der Waals surface area contributed by atoms with E-state index in [-0.39, 0.29) is 17.7 Å². The van der Waals surface area contributed by atoms with E-state index in [1.807, 2.05) is 6.92 Å². The summed E-state index contributed by atoms with van der Waals surface area (Å²) in [6.07, 6.45) is 0.643. The zero-order valence-corrected chi connectivity index (χ0v) is 11.9. The molecule has 1 aromatic rings. The summed E-state index contributed by atoms with van der Waals surface area (Å²) in [5, 5.41) is 6.55. The second-order valence-electron chi connectivity index (χ2n) is 5.18. The topological polar surface area (TPSA) is 50.4 Å². The van der Waals surface area contributed by atoms with Crippen molar-refractivity contribution in [2.24, 2.45) is 5.92 Å². The van der Waals surface area contributed by atoms with Crippen molar-refractivity contribution < 1.29 is 13.9 Å². The molecule has 0 amide bonds. The number of rotatable bonds is 4. The maximum Gasteiger partial charge on any atom is 0.332 e. The molecule has 2 rings (SSSR count). The first-order chi connectivity index (χ1) is 9.58. The SMILES string of the molecule is CCOC(=O)C1(Nc2ccc(F)cc2)CCNCC1C. The number of halogens is 1. The predicted octanol–water partition coefficient (Wildman–Crippen LogP) is 2.17. The van der Waals surface area contributed by atoms with Crippen LogP contribution in [0.4, 0.5) is 10.1 Å². The molecule has 1 saturated heterocycles. The van der Waals surface area contributed by atoms with E-state index in [2.05, 4.69) is 10.6 Å². The number of benzene rings is 1. The van der Waals surface area contributed by atoms with E-state index in [1.54, 1.807) is 19.1 Å². The van der Waals surface area contributed by atoms with Gasteiger partial charge in [-0.2, -0.15) is 0 Å². The zero-order chi connectivity index (χ0) is 14.6. The third-order valence-corrected chi connectivity index (χ3v) is 3.84. The van der Waals surface area contributed by atoms with Gasteiger partial charge in [0.05, 0.1) is 6.61 Å². The van der Waals surface area contributed by atoms with Crippen LogP contribution in [0.25, 0.3) is 0 Å². The summed E-state index contributed by atoms with van der Waals surface area (Å²) in [6, 6.07) is 6.05. The number of anilines is 1. The first-order valence-electron chi connectivity index (χ1n) is 7.00. The first-order valence-corrected chi connectivity index (χ1v) is 7.00. The number of esters is 1. The lowest BCUT2D eigenvalue weighted by atomic mass is 9.79. The van der Waals surface area contributed by atoms with Gasteiger partial charge in [-0.05, 0) is 44.2 Å². The minimum atomic E-state index is -0.751. The van der Waals surface area contributed by atoms with Crippen molar-refractivity contribution in [1.82, 2.24) is 5.32 Å². The number of piperidine rings is 1. The molecule has 0 bridgehead atoms. The molecule has 0 spiro atoms. The molecule has 4 nitrogen and oxygen atoms in total. The Labute approximate surface area is 118 Å². The summed E-state index contributed by atoms with van der Waals surface area (Å²) >= 11 is 0. The average Bonchev–Trinajstić information content (AvgIpc) is 2.44. The van der Waals surface area contributed by atoms with Crippen LogP contribution < -0.4 is 10.6 Å². The van der Waals surface area contributed by atoms with Crippen LogP contribution in [0.2, 0.25) is 0 Å². The van der Waals surface area contributed by atoms with Crippen LogP contribution in [0.5, 0.6) is 0 Å². The standard InChI is InChI=1S/C15H21FN2O2/c1-3-20-14(19)15(8-9-17-10-11(15)2)18-13-6-4-12(16)5-7-13/h4-7,11,17-18H,3,8-10H2,1-2H3. The Bertz CT molecular complexity index is 463. The fraction of sp³-hybridized carbons (Fsp3) is 0.533. The van der Waals surface area contributed by atoms with E-state index in [0.29, 0.717) is 13.0 Å². The highest BCUT2D eigenvalue weighted by molar-refractivity contribution is 5.85. The zero-order valence-electron chi connectivity index (χ0n) is 11.9. The van der Waals surface area contributed by atoms with Gasteiger partial charge in [-0.3, -0.25) is 0 Å². The molecule has 2 N–H and O–H groups in total. The van der Waals surface area contributed by atoms with Crippen LogP contribution in [0, 0.1) is 11.7 Å². The molecule has 0 aromatic heterocycles. The molecule has 20 heavy (non-hydrogen) atoms. The number of nitrogens with one attached hydrogen (secondary N) is 2. The lowest BCUT2D eigenvalue weighted by Crippen LogP contribution is -2.59. The van der Waals surface area contributed by atoms with Gasteiger partial charge in [0.25, 0.3) is 0 Å². The molecular weight excluding hydrogens is 259 g/mol. The second-order valence-corrected chi connectivity index (χ2v) is 5.18. The Hall–Kier alpha value is -1.62. The van der Waals surface area contributed by atoms with E-state index < -0.39 is 5.54 Å².